The van der Waals surface area contributed by atoms with Gasteiger partial charge in [-0.2, -0.15) is 0 Å². The number of hydrogen-bond acceptors (Lipinski definition) is 3. The van der Waals surface area contributed by atoms with Crippen molar-refractivity contribution in [2.24, 2.45) is 5.73 Å². The van der Waals surface area contributed by atoms with Gasteiger partial charge in [0.15, 0.2) is 0 Å². The SMILES string of the molecule is COc1ccc(F)cc1C(N)C(C)(C)N1CCCC1. The zero-order chi connectivity index (χ0) is 14.0. The molecule has 0 aromatic heterocycles. The van der Waals surface area contributed by atoms with Crippen LogP contribution >= 0.6 is 0 Å². The van der Waals surface area contributed by atoms with E-state index in [0.717, 1.165) is 18.7 Å². The molecule has 1 aromatic rings. The number of nitrogens with zero attached hydrogens (tertiary/aromatic N) is 1. The van der Waals surface area contributed by atoms with Crippen molar-refractivity contribution in [2.45, 2.75) is 38.3 Å². The minimum Gasteiger partial charge on any atom is -0.496 e. The van der Waals surface area contributed by atoms with Gasteiger partial charge in [-0.15, -0.1) is 0 Å². The van der Waals surface area contributed by atoms with E-state index >= 15 is 0 Å². The molecular weight excluding hydrogens is 243 g/mol. The van der Waals surface area contributed by atoms with Crippen LogP contribution in [-0.2, 0) is 0 Å². The van der Waals surface area contributed by atoms with Crippen molar-refractivity contribution in [3.63, 3.8) is 0 Å². The fraction of sp³-hybridized carbons (Fsp3) is 0.600. The summed E-state index contributed by atoms with van der Waals surface area (Å²) in [5, 5.41) is 0. The quantitative estimate of drug-likeness (QED) is 0.910. The summed E-state index contributed by atoms with van der Waals surface area (Å²) in [6, 6.07) is 4.25. The summed E-state index contributed by atoms with van der Waals surface area (Å²) in [5.41, 5.74) is 6.93. The number of halogens is 1. The maximum Gasteiger partial charge on any atom is 0.123 e. The average molecular weight is 266 g/mol. The summed E-state index contributed by atoms with van der Waals surface area (Å²) in [4.78, 5) is 2.38. The van der Waals surface area contributed by atoms with Gasteiger partial charge in [0.1, 0.15) is 11.6 Å². The zero-order valence-electron chi connectivity index (χ0n) is 11.9. The Kier molecular flexibility index (Phi) is 4.11. The highest BCUT2D eigenvalue weighted by Gasteiger charge is 2.36. The summed E-state index contributed by atoms with van der Waals surface area (Å²) in [5.74, 6) is 0.379. The monoisotopic (exact) mass is 266 g/mol. The predicted molar refractivity (Wildman–Crippen MR) is 74.8 cm³/mol. The first-order chi connectivity index (χ1) is 8.96. The van der Waals surface area contributed by atoms with Crippen molar-refractivity contribution in [3.8, 4) is 5.75 Å². The lowest BCUT2D eigenvalue weighted by atomic mass is 9.87. The molecule has 0 radical (unpaired) electrons. The van der Waals surface area contributed by atoms with Crippen molar-refractivity contribution in [2.75, 3.05) is 20.2 Å². The topological polar surface area (TPSA) is 38.5 Å². The highest BCUT2D eigenvalue weighted by molar-refractivity contribution is 5.38. The molecule has 1 aliphatic rings. The Labute approximate surface area is 114 Å². The van der Waals surface area contributed by atoms with E-state index in [1.165, 1.54) is 25.0 Å². The van der Waals surface area contributed by atoms with Gasteiger partial charge in [-0.3, -0.25) is 4.90 Å². The zero-order valence-corrected chi connectivity index (χ0v) is 11.9. The second kappa shape index (κ2) is 5.47. The van der Waals surface area contributed by atoms with Crippen LogP contribution in [0.15, 0.2) is 18.2 Å². The lowest BCUT2D eigenvalue weighted by molar-refractivity contribution is 0.122. The van der Waals surface area contributed by atoms with Crippen LogP contribution in [0.2, 0.25) is 0 Å². The van der Waals surface area contributed by atoms with Crippen LogP contribution in [0, 0.1) is 5.82 Å². The molecule has 1 unspecified atom stereocenters. The predicted octanol–water partition coefficient (Wildman–Crippen LogP) is 2.71. The molecule has 106 valence electrons. The molecule has 1 heterocycles. The molecular formula is C15H23FN2O. The van der Waals surface area contributed by atoms with Gasteiger partial charge in [-0.1, -0.05) is 0 Å². The third kappa shape index (κ3) is 2.74. The van der Waals surface area contributed by atoms with Gasteiger partial charge in [0, 0.05) is 11.1 Å². The Bertz CT molecular complexity index is 442. The largest absolute Gasteiger partial charge is 0.496 e. The second-order valence-electron chi connectivity index (χ2n) is 5.71. The number of methoxy groups -OCH3 is 1. The second-order valence-corrected chi connectivity index (χ2v) is 5.71. The fourth-order valence-corrected chi connectivity index (χ4v) is 2.82. The molecule has 1 saturated heterocycles. The first kappa shape index (κ1) is 14.3. The molecule has 1 fully saturated rings. The van der Waals surface area contributed by atoms with E-state index in [4.69, 9.17) is 10.5 Å². The third-order valence-electron chi connectivity index (χ3n) is 4.21. The summed E-state index contributed by atoms with van der Waals surface area (Å²) in [6.45, 7) is 6.34. The molecule has 1 aromatic carbocycles. The van der Waals surface area contributed by atoms with Crippen molar-refractivity contribution in [3.05, 3.63) is 29.6 Å². The molecule has 4 heteroatoms. The average Bonchev–Trinajstić information content (AvgIpc) is 2.92. The van der Waals surface area contributed by atoms with Crippen LogP contribution in [0.3, 0.4) is 0 Å². The molecule has 2 rings (SSSR count). The standard InChI is InChI=1S/C15H23FN2O/c1-15(2,18-8-4-5-9-18)14(17)12-10-11(16)6-7-13(12)19-3/h6-7,10,14H,4-5,8-9,17H2,1-3H3. The van der Waals surface area contributed by atoms with Crippen LogP contribution in [0.5, 0.6) is 5.75 Å². The number of likely N-dealkylation sites (tertiary alicyclic amines) is 1. The molecule has 0 bridgehead atoms. The number of rotatable bonds is 4. The number of ether oxygens (including phenoxy) is 1. The van der Waals surface area contributed by atoms with Crippen molar-refractivity contribution in [1.82, 2.24) is 4.90 Å². The van der Waals surface area contributed by atoms with E-state index in [-0.39, 0.29) is 17.4 Å². The summed E-state index contributed by atoms with van der Waals surface area (Å²) < 4.78 is 18.8. The van der Waals surface area contributed by atoms with Crippen LogP contribution < -0.4 is 10.5 Å². The van der Waals surface area contributed by atoms with Gasteiger partial charge < -0.3 is 10.5 Å². The Hall–Kier alpha value is -1.13. The van der Waals surface area contributed by atoms with E-state index in [9.17, 15) is 4.39 Å². The number of nitrogens with two attached hydrogens (primary N) is 1. The number of hydrogen-bond donors (Lipinski definition) is 1. The van der Waals surface area contributed by atoms with Crippen molar-refractivity contribution in [1.29, 1.82) is 0 Å². The Morgan fingerprint density at radius 1 is 1.32 bits per heavy atom. The highest BCUT2D eigenvalue weighted by atomic mass is 19.1. The van der Waals surface area contributed by atoms with Crippen molar-refractivity contribution >= 4 is 0 Å². The van der Waals surface area contributed by atoms with Gasteiger partial charge in [0.2, 0.25) is 0 Å². The molecule has 19 heavy (non-hydrogen) atoms. The van der Waals surface area contributed by atoms with E-state index in [1.807, 2.05) is 0 Å². The van der Waals surface area contributed by atoms with Gasteiger partial charge >= 0.3 is 0 Å². The maximum atomic E-state index is 13.5. The van der Waals surface area contributed by atoms with Crippen molar-refractivity contribution < 1.29 is 9.13 Å². The van der Waals surface area contributed by atoms with Gasteiger partial charge in [-0.25, -0.2) is 4.39 Å². The first-order valence-electron chi connectivity index (χ1n) is 6.81. The summed E-state index contributed by atoms with van der Waals surface area (Å²) >= 11 is 0. The molecule has 0 amide bonds. The van der Waals surface area contributed by atoms with E-state index in [1.54, 1.807) is 13.2 Å². The number of benzene rings is 1. The molecule has 0 aliphatic carbocycles. The molecule has 2 N–H and O–H groups in total. The summed E-state index contributed by atoms with van der Waals surface area (Å²) in [7, 11) is 1.59. The van der Waals surface area contributed by atoms with Gasteiger partial charge in [0.25, 0.3) is 0 Å². The Morgan fingerprint density at radius 2 is 1.95 bits per heavy atom. The molecule has 1 aliphatic heterocycles. The van der Waals surface area contributed by atoms with Crippen LogP contribution in [0.4, 0.5) is 4.39 Å². The van der Waals surface area contributed by atoms with E-state index in [0.29, 0.717) is 5.75 Å². The Morgan fingerprint density at radius 3 is 2.53 bits per heavy atom. The van der Waals surface area contributed by atoms with Crippen LogP contribution in [0.1, 0.15) is 38.3 Å². The summed E-state index contributed by atoms with van der Waals surface area (Å²) in [6.07, 6.45) is 2.41. The smallest absolute Gasteiger partial charge is 0.123 e. The first-order valence-corrected chi connectivity index (χ1v) is 6.81. The van der Waals surface area contributed by atoms with Crippen LogP contribution in [-0.4, -0.2) is 30.6 Å². The highest BCUT2D eigenvalue weighted by Crippen LogP contribution is 2.36. The minimum absolute atomic E-state index is 0.211. The normalized spacial score (nSPS) is 18.6. The van der Waals surface area contributed by atoms with E-state index < -0.39 is 0 Å². The molecule has 0 spiro atoms. The molecule has 0 saturated carbocycles. The Balaban J connectivity index is 2.31. The third-order valence-corrected chi connectivity index (χ3v) is 4.21. The molecule has 3 nitrogen and oxygen atoms in total. The van der Waals surface area contributed by atoms with E-state index in [2.05, 4.69) is 18.7 Å². The minimum atomic E-state index is -0.281. The van der Waals surface area contributed by atoms with Gasteiger partial charge in [-0.05, 0) is 58.0 Å². The fourth-order valence-electron chi connectivity index (χ4n) is 2.82. The van der Waals surface area contributed by atoms with Crippen LogP contribution in [0.25, 0.3) is 0 Å². The molecule has 1 atom stereocenters. The maximum absolute atomic E-state index is 13.5. The van der Waals surface area contributed by atoms with Gasteiger partial charge in [0.05, 0.1) is 13.2 Å². The lowest BCUT2D eigenvalue weighted by Gasteiger charge is -2.40. The lowest BCUT2D eigenvalue weighted by Crippen LogP contribution is -2.50.